The molecule has 0 saturated heterocycles. The van der Waals surface area contributed by atoms with E-state index < -0.39 is 0 Å². The van der Waals surface area contributed by atoms with Gasteiger partial charge < -0.3 is 10.5 Å². The lowest BCUT2D eigenvalue weighted by molar-refractivity contribution is 0.351. The zero-order valence-electron chi connectivity index (χ0n) is 11.3. The summed E-state index contributed by atoms with van der Waals surface area (Å²) in [5.74, 6) is 1.88. The van der Waals surface area contributed by atoms with Crippen LogP contribution < -0.4 is 10.5 Å². The average Bonchev–Trinajstić information content (AvgIpc) is 2.99. The Kier molecular flexibility index (Phi) is 3.99. The summed E-state index contributed by atoms with van der Waals surface area (Å²) in [6.07, 6.45) is 8.48. The van der Waals surface area contributed by atoms with Gasteiger partial charge in [0.1, 0.15) is 5.75 Å². The van der Waals surface area contributed by atoms with Gasteiger partial charge in [-0.2, -0.15) is 0 Å². The summed E-state index contributed by atoms with van der Waals surface area (Å²) in [7, 11) is 0. The van der Waals surface area contributed by atoms with Crippen molar-refractivity contribution in [3.63, 3.8) is 0 Å². The minimum atomic E-state index is 0.231. The second-order valence-corrected chi connectivity index (χ2v) is 6.44. The first-order valence-corrected chi connectivity index (χ1v) is 7.80. The lowest BCUT2D eigenvalue weighted by atomic mass is 9.93. The smallest absolute Gasteiger partial charge is 0.125 e. The molecule has 3 rings (SSSR count). The van der Waals surface area contributed by atoms with Crippen LogP contribution in [0.4, 0.5) is 0 Å². The molecule has 3 heteroatoms. The molecule has 1 saturated carbocycles. The molecule has 2 aliphatic rings. The van der Waals surface area contributed by atoms with Gasteiger partial charge in [0, 0.05) is 17.5 Å². The summed E-state index contributed by atoms with van der Waals surface area (Å²) in [5.41, 5.74) is 8.78. The maximum absolute atomic E-state index is 6.33. The summed E-state index contributed by atoms with van der Waals surface area (Å²) < 4.78 is 5.74. The molecule has 1 fully saturated rings. The minimum Gasteiger partial charge on any atom is -0.493 e. The number of fused-ring (bicyclic) bond motifs is 1. The van der Waals surface area contributed by atoms with Gasteiger partial charge >= 0.3 is 0 Å². The van der Waals surface area contributed by atoms with Crippen molar-refractivity contribution in [1.82, 2.24) is 0 Å². The van der Waals surface area contributed by atoms with Crippen LogP contribution in [0.1, 0.15) is 43.2 Å². The molecule has 1 aliphatic heterocycles. The fourth-order valence-corrected chi connectivity index (χ4v) is 3.80. The van der Waals surface area contributed by atoms with Gasteiger partial charge in [-0.3, -0.25) is 0 Å². The predicted molar refractivity (Wildman–Crippen MR) is 78.9 cm³/mol. The Bertz CT molecular complexity index is 454. The highest BCUT2D eigenvalue weighted by atomic mass is 35.5. The molecule has 1 aromatic rings. The van der Waals surface area contributed by atoms with Crippen LogP contribution in [0.3, 0.4) is 0 Å². The molecular weight excluding hydrogens is 258 g/mol. The molecular formula is C16H22ClNO. The molecule has 1 unspecified atom stereocenters. The number of hydrogen-bond donors (Lipinski definition) is 1. The Morgan fingerprint density at radius 3 is 2.89 bits per heavy atom. The maximum atomic E-state index is 6.33. The molecule has 19 heavy (non-hydrogen) atoms. The lowest BCUT2D eigenvalue weighted by Crippen LogP contribution is -2.25. The monoisotopic (exact) mass is 279 g/mol. The Balaban J connectivity index is 1.68. The molecule has 0 radical (unpaired) electrons. The van der Waals surface area contributed by atoms with E-state index in [1.807, 2.05) is 12.1 Å². The van der Waals surface area contributed by atoms with Crippen LogP contribution in [0.2, 0.25) is 5.02 Å². The number of halogens is 1. The van der Waals surface area contributed by atoms with Gasteiger partial charge in [0.25, 0.3) is 0 Å². The number of rotatable bonds is 4. The van der Waals surface area contributed by atoms with Crippen molar-refractivity contribution in [3.8, 4) is 5.75 Å². The third-order valence-corrected chi connectivity index (χ3v) is 4.64. The van der Waals surface area contributed by atoms with Crippen LogP contribution in [-0.4, -0.2) is 12.6 Å². The Hall–Kier alpha value is -0.730. The van der Waals surface area contributed by atoms with E-state index in [1.54, 1.807) is 0 Å². The first-order chi connectivity index (χ1) is 9.22. The molecule has 0 bridgehead atoms. The third kappa shape index (κ3) is 3.06. The molecule has 1 atom stereocenters. The molecule has 104 valence electrons. The van der Waals surface area contributed by atoms with Gasteiger partial charge in [-0.05, 0) is 42.0 Å². The molecule has 1 aromatic carbocycles. The van der Waals surface area contributed by atoms with Crippen LogP contribution in [0.25, 0.3) is 0 Å². The highest BCUT2D eigenvalue weighted by molar-refractivity contribution is 6.30. The van der Waals surface area contributed by atoms with Crippen LogP contribution in [0.15, 0.2) is 12.1 Å². The fourth-order valence-electron chi connectivity index (χ4n) is 3.54. The summed E-state index contributed by atoms with van der Waals surface area (Å²) in [6.45, 7) is 0.778. The summed E-state index contributed by atoms with van der Waals surface area (Å²) in [5, 5.41) is 0.812. The zero-order valence-corrected chi connectivity index (χ0v) is 12.1. The zero-order chi connectivity index (χ0) is 13.2. The van der Waals surface area contributed by atoms with Crippen molar-refractivity contribution in [1.29, 1.82) is 0 Å². The highest BCUT2D eigenvalue weighted by Crippen LogP contribution is 2.35. The molecule has 1 heterocycles. The SMILES string of the molecule is NC(Cc1cc(Cl)cc2c1OCC2)CC1CCCC1. The largest absolute Gasteiger partial charge is 0.493 e. The lowest BCUT2D eigenvalue weighted by Gasteiger charge is -2.18. The standard InChI is InChI=1S/C16H22ClNO/c17-14-8-12-5-6-19-16(12)13(9-14)10-15(18)7-11-3-1-2-4-11/h8-9,11,15H,1-7,10,18H2. The quantitative estimate of drug-likeness (QED) is 0.912. The number of hydrogen-bond acceptors (Lipinski definition) is 2. The van der Waals surface area contributed by atoms with E-state index in [2.05, 4.69) is 0 Å². The van der Waals surface area contributed by atoms with Gasteiger partial charge in [0.2, 0.25) is 0 Å². The van der Waals surface area contributed by atoms with Crippen molar-refractivity contribution in [2.45, 2.75) is 51.0 Å². The molecule has 2 nitrogen and oxygen atoms in total. The predicted octanol–water partition coefficient (Wildman–Crippen LogP) is 3.73. The van der Waals surface area contributed by atoms with Gasteiger partial charge in [-0.1, -0.05) is 37.3 Å². The number of ether oxygens (including phenoxy) is 1. The molecule has 0 spiro atoms. The normalized spacial score (nSPS) is 20.3. The van der Waals surface area contributed by atoms with E-state index in [0.29, 0.717) is 0 Å². The first-order valence-electron chi connectivity index (χ1n) is 7.42. The van der Waals surface area contributed by atoms with E-state index >= 15 is 0 Å². The van der Waals surface area contributed by atoms with Crippen molar-refractivity contribution in [3.05, 3.63) is 28.3 Å². The third-order valence-electron chi connectivity index (χ3n) is 4.42. The van der Waals surface area contributed by atoms with E-state index in [4.69, 9.17) is 22.1 Å². The summed E-state index contributed by atoms with van der Waals surface area (Å²) in [4.78, 5) is 0. The summed E-state index contributed by atoms with van der Waals surface area (Å²) in [6, 6.07) is 4.28. The van der Waals surface area contributed by atoms with Crippen molar-refractivity contribution < 1.29 is 4.74 Å². The van der Waals surface area contributed by atoms with E-state index in [9.17, 15) is 0 Å². The topological polar surface area (TPSA) is 35.2 Å². The Morgan fingerprint density at radius 1 is 1.32 bits per heavy atom. The van der Waals surface area contributed by atoms with Crippen LogP contribution in [-0.2, 0) is 12.8 Å². The van der Waals surface area contributed by atoms with Crippen LogP contribution in [0.5, 0.6) is 5.75 Å². The van der Waals surface area contributed by atoms with Crippen molar-refractivity contribution in [2.24, 2.45) is 11.7 Å². The minimum absolute atomic E-state index is 0.231. The summed E-state index contributed by atoms with van der Waals surface area (Å²) >= 11 is 6.19. The second kappa shape index (κ2) is 5.72. The second-order valence-electron chi connectivity index (χ2n) is 6.00. The number of nitrogens with two attached hydrogens (primary N) is 1. The maximum Gasteiger partial charge on any atom is 0.125 e. The van der Waals surface area contributed by atoms with Crippen LogP contribution >= 0.6 is 11.6 Å². The fraction of sp³-hybridized carbons (Fsp3) is 0.625. The molecule has 1 aliphatic carbocycles. The van der Waals surface area contributed by atoms with Gasteiger partial charge in [-0.25, -0.2) is 0 Å². The molecule has 0 aromatic heterocycles. The molecule has 0 amide bonds. The Morgan fingerprint density at radius 2 is 2.11 bits per heavy atom. The van der Waals surface area contributed by atoms with Crippen molar-refractivity contribution >= 4 is 11.6 Å². The highest BCUT2D eigenvalue weighted by Gasteiger charge is 2.22. The van der Waals surface area contributed by atoms with Gasteiger partial charge in [0.05, 0.1) is 6.61 Å². The van der Waals surface area contributed by atoms with Gasteiger partial charge in [-0.15, -0.1) is 0 Å². The first kappa shape index (κ1) is 13.3. The number of benzene rings is 1. The Labute approximate surface area is 120 Å². The van der Waals surface area contributed by atoms with Crippen molar-refractivity contribution in [2.75, 3.05) is 6.61 Å². The average molecular weight is 280 g/mol. The molecule has 2 N–H and O–H groups in total. The van der Waals surface area contributed by atoms with E-state index in [0.717, 1.165) is 42.6 Å². The van der Waals surface area contributed by atoms with Crippen LogP contribution in [0, 0.1) is 5.92 Å². The van der Waals surface area contributed by atoms with E-state index in [1.165, 1.54) is 36.8 Å². The van der Waals surface area contributed by atoms with Gasteiger partial charge in [0.15, 0.2) is 0 Å². The van der Waals surface area contributed by atoms with E-state index in [-0.39, 0.29) is 6.04 Å².